The minimum Gasteiger partial charge on any atom is -0.497 e. The summed E-state index contributed by atoms with van der Waals surface area (Å²) < 4.78 is 10.2. The lowest BCUT2D eigenvalue weighted by atomic mass is 10.2. The maximum absolute atomic E-state index is 10.9. The highest BCUT2D eigenvalue weighted by Gasteiger charge is 2.06. The zero-order chi connectivity index (χ0) is 11.5. The van der Waals surface area contributed by atoms with E-state index in [0.717, 1.165) is 10.9 Å². The normalized spacial score (nSPS) is 10.1. The first-order chi connectivity index (χ1) is 7.70. The molecule has 82 valence electrons. The van der Waals surface area contributed by atoms with Gasteiger partial charge in [-0.1, -0.05) is 0 Å². The van der Waals surface area contributed by atoms with Gasteiger partial charge in [-0.2, -0.15) is 0 Å². The van der Waals surface area contributed by atoms with E-state index in [1.54, 1.807) is 25.4 Å². The lowest BCUT2D eigenvalue weighted by Gasteiger charge is -2.06. The van der Waals surface area contributed by atoms with Crippen LogP contribution in [-0.2, 0) is 4.79 Å². The molecule has 1 heterocycles. The highest BCUT2D eigenvalue weighted by atomic mass is 16.5. The van der Waals surface area contributed by atoms with Crippen LogP contribution in [0.4, 0.5) is 0 Å². The van der Waals surface area contributed by atoms with Gasteiger partial charge in [0, 0.05) is 18.5 Å². The summed E-state index contributed by atoms with van der Waals surface area (Å²) in [6.07, 6.45) is 1.60. The second kappa shape index (κ2) is 4.18. The van der Waals surface area contributed by atoms with Crippen molar-refractivity contribution in [1.29, 1.82) is 0 Å². The molecule has 0 aliphatic rings. The number of pyridine rings is 1. The van der Waals surface area contributed by atoms with Crippen LogP contribution in [0.2, 0.25) is 0 Å². The van der Waals surface area contributed by atoms with E-state index in [-0.39, 0.29) is 5.97 Å². The molecule has 0 aliphatic carbocycles. The second-order valence-electron chi connectivity index (χ2n) is 3.29. The van der Waals surface area contributed by atoms with Crippen molar-refractivity contribution >= 4 is 16.9 Å². The van der Waals surface area contributed by atoms with E-state index in [1.165, 1.54) is 6.92 Å². The highest BCUT2D eigenvalue weighted by molar-refractivity contribution is 5.88. The molecule has 2 rings (SSSR count). The fourth-order valence-electron chi connectivity index (χ4n) is 1.47. The van der Waals surface area contributed by atoms with Gasteiger partial charge in [-0.3, -0.25) is 9.78 Å². The third-order valence-corrected chi connectivity index (χ3v) is 2.16. The molecule has 4 nitrogen and oxygen atoms in total. The van der Waals surface area contributed by atoms with Crippen molar-refractivity contribution in [2.24, 2.45) is 0 Å². The molecule has 0 bridgehead atoms. The Balaban J connectivity index is 2.59. The lowest BCUT2D eigenvalue weighted by Crippen LogP contribution is -2.02. The summed E-state index contributed by atoms with van der Waals surface area (Å²) in [6.45, 7) is 1.37. The van der Waals surface area contributed by atoms with Crippen LogP contribution in [0.25, 0.3) is 10.9 Å². The molecule has 0 saturated carbocycles. The van der Waals surface area contributed by atoms with Crippen molar-refractivity contribution in [3.05, 3.63) is 30.5 Å². The third-order valence-electron chi connectivity index (χ3n) is 2.16. The number of hydrogen-bond donors (Lipinski definition) is 0. The molecule has 0 spiro atoms. The van der Waals surface area contributed by atoms with Crippen molar-refractivity contribution in [1.82, 2.24) is 4.98 Å². The number of methoxy groups -OCH3 is 1. The number of nitrogens with zero attached hydrogens (tertiary/aromatic N) is 1. The minimum atomic E-state index is -0.352. The molecule has 0 aliphatic heterocycles. The monoisotopic (exact) mass is 217 g/mol. The van der Waals surface area contributed by atoms with Gasteiger partial charge in [-0.25, -0.2) is 0 Å². The van der Waals surface area contributed by atoms with Crippen LogP contribution in [-0.4, -0.2) is 18.1 Å². The first kappa shape index (κ1) is 10.4. The zero-order valence-electron chi connectivity index (χ0n) is 9.06. The molecule has 16 heavy (non-hydrogen) atoms. The summed E-state index contributed by atoms with van der Waals surface area (Å²) in [7, 11) is 1.59. The summed E-state index contributed by atoms with van der Waals surface area (Å²) in [6, 6.07) is 7.08. The van der Waals surface area contributed by atoms with Gasteiger partial charge < -0.3 is 9.47 Å². The number of rotatable bonds is 2. The van der Waals surface area contributed by atoms with Gasteiger partial charge in [-0.05, 0) is 24.3 Å². The minimum absolute atomic E-state index is 0.352. The Morgan fingerprint density at radius 3 is 2.81 bits per heavy atom. The topological polar surface area (TPSA) is 48.4 Å². The average Bonchev–Trinajstić information content (AvgIpc) is 2.28. The Morgan fingerprint density at radius 1 is 1.31 bits per heavy atom. The predicted octanol–water partition coefficient (Wildman–Crippen LogP) is 2.17. The maximum atomic E-state index is 10.9. The zero-order valence-corrected chi connectivity index (χ0v) is 9.06. The number of esters is 1. The number of ether oxygens (including phenoxy) is 2. The van der Waals surface area contributed by atoms with Crippen molar-refractivity contribution in [3.63, 3.8) is 0 Å². The van der Waals surface area contributed by atoms with Crippen molar-refractivity contribution < 1.29 is 14.3 Å². The first-order valence-electron chi connectivity index (χ1n) is 4.82. The van der Waals surface area contributed by atoms with Gasteiger partial charge in [0.05, 0.1) is 12.6 Å². The lowest BCUT2D eigenvalue weighted by molar-refractivity contribution is -0.131. The number of aromatic nitrogens is 1. The van der Waals surface area contributed by atoms with Crippen LogP contribution in [0.15, 0.2) is 30.5 Å². The average molecular weight is 217 g/mol. The van der Waals surface area contributed by atoms with E-state index in [4.69, 9.17) is 9.47 Å². The largest absolute Gasteiger partial charge is 0.497 e. The SMILES string of the molecule is COc1ccc2nccc(OC(C)=O)c2c1. The van der Waals surface area contributed by atoms with Crippen LogP contribution in [0.5, 0.6) is 11.5 Å². The van der Waals surface area contributed by atoms with Gasteiger partial charge in [0.15, 0.2) is 0 Å². The molecule has 1 aromatic heterocycles. The van der Waals surface area contributed by atoms with E-state index in [2.05, 4.69) is 4.98 Å². The number of fused-ring (bicyclic) bond motifs is 1. The maximum Gasteiger partial charge on any atom is 0.308 e. The Labute approximate surface area is 92.8 Å². The highest BCUT2D eigenvalue weighted by Crippen LogP contribution is 2.27. The van der Waals surface area contributed by atoms with E-state index in [9.17, 15) is 4.79 Å². The van der Waals surface area contributed by atoms with E-state index in [1.807, 2.05) is 12.1 Å². The predicted molar refractivity (Wildman–Crippen MR) is 59.6 cm³/mol. The van der Waals surface area contributed by atoms with Crippen LogP contribution >= 0.6 is 0 Å². The Hall–Kier alpha value is -2.10. The molecular formula is C12H11NO3. The molecular weight excluding hydrogens is 206 g/mol. The fraction of sp³-hybridized carbons (Fsp3) is 0.167. The quantitative estimate of drug-likeness (QED) is 0.723. The number of carbonyl (C=O) groups is 1. The van der Waals surface area contributed by atoms with Crippen LogP contribution in [0.3, 0.4) is 0 Å². The standard InChI is InChI=1S/C12H11NO3/c1-8(14)16-12-5-6-13-11-4-3-9(15-2)7-10(11)12/h3-7H,1-2H3. The van der Waals surface area contributed by atoms with Gasteiger partial charge in [0.25, 0.3) is 0 Å². The molecule has 1 aromatic carbocycles. The molecule has 4 heteroatoms. The van der Waals surface area contributed by atoms with Crippen LogP contribution < -0.4 is 9.47 Å². The van der Waals surface area contributed by atoms with Crippen LogP contribution in [0.1, 0.15) is 6.92 Å². The second-order valence-corrected chi connectivity index (χ2v) is 3.29. The molecule has 0 atom stereocenters. The van der Waals surface area contributed by atoms with Crippen molar-refractivity contribution in [3.8, 4) is 11.5 Å². The van der Waals surface area contributed by atoms with Crippen molar-refractivity contribution in [2.45, 2.75) is 6.92 Å². The number of benzene rings is 1. The van der Waals surface area contributed by atoms with Gasteiger partial charge in [-0.15, -0.1) is 0 Å². The molecule has 0 saturated heterocycles. The summed E-state index contributed by atoms with van der Waals surface area (Å²) in [5.41, 5.74) is 0.763. The molecule has 0 unspecified atom stereocenters. The molecule has 2 aromatic rings. The molecule has 0 amide bonds. The van der Waals surface area contributed by atoms with Crippen LogP contribution in [0, 0.1) is 0 Å². The van der Waals surface area contributed by atoms with Crippen molar-refractivity contribution in [2.75, 3.05) is 7.11 Å². The van der Waals surface area contributed by atoms with Gasteiger partial charge in [0.1, 0.15) is 11.5 Å². The molecule has 0 N–H and O–H groups in total. The molecule has 0 radical (unpaired) electrons. The van der Waals surface area contributed by atoms with Gasteiger partial charge >= 0.3 is 5.97 Å². The summed E-state index contributed by atoms with van der Waals surface area (Å²) in [5.74, 6) is 0.848. The van der Waals surface area contributed by atoms with Gasteiger partial charge in [0.2, 0.25) is 0 Å². The molecule has 0 fully saturated rings. The fourth-order valence-corrected chi connectivity index (χ4v) is 1.47. The van der Waals surface area contributed by atoms with E-state index < -0.39 is 0 Å². The number of carbonyl (C=O) groups excluding carboxylic acids is 1. The summed E-state index contributed by atoms with van der Waals surface area (Å²) in [5, 5.41) is 0.761. The Bertz CT molecular complexity index is 537. The Morgan fingerprint density at radius 2 is 2.12 bits per heavy atom. The summed E-state index contributed by atoms with van der Waals surface area (Å²) >= 11 is 0. The summed E-state index contributed by atoms with van der Waals surface area (Å²) in [4.78, 5) is 15.1. The smallest absolute Gasteiger partial charge is 0.308 e. The number of hydrogen-bond acceptors (Lipinski definition) is 4. The van der Waals surface area contributed by atoms with E-state index in [0.29, 0.717) is 11.5 Å². The van der Waals surface area contributed by atoms with E-state index >= 15 is 0 Å². The Kier molecular flexibility index (Phi) is 2.72. The first-order valence-corrected chi connectivity index (χ1v) is 4.82. The third kappa shape index (κ3) is 1.95.